The van der Waals surface area contributed by atoms with Crippen LogP contribution in [-0.2, 0) is 9.84 Å². The van der Waals surface area contributed by atoms with Gasteiger partial charge in [0.1, 0.15) is 11.5 Å². The standard InChI is InChI=1S/C14H17N5O4S2/c1-25(22,23)10-4-5-11(12(8-10)19(20)21)15-6-7-16-14-17-13(18-24-14)9-2-3-9/h4-5,8-9,15H,2-3,6-7H2,1H3,(H,16,17,18). The highest BCUT2D eigenvalue weighted by Gasteiger charge is 2.27. The molecule has 1 aliphatic rings. The molecule has 11 heteroatoms. The smallest absolute Gasteiger partial charge is 0.293 e. The summed E-state index contributed by atoms with van der Waals surface area (Å²) < 4.78 is 27.3. The van der Waals surface area contributed by atoms with Crippen LogP contribution in [0.3, 0.4) is 0 Å². The molecule has 1 saturated carbocycles. The Balaban J connectivity index is 1.59. The highest BCUT2D eigenvalue weighted by Crippen LogP contribution is 2.39. The maximum atomic E-state index is 11.5. The van der Waals surface area contributed by atoms with Gasteiger partial charge >= 0.3 is 0 Å². The van der Waals surface area contributed by atoms with Gasteiger partial charge in [-0.3, -0.25) is 10.1 Å². The van der Waals surface area contributed by atoms with Crippen molar-refractivity contribution in [2.75, 3.05) is 30.0 Å². The number of hydrogen-bond acceptors (Lipinski definition) is 9. The van der Waals surface area contributed by atoms with Crippen LogP contribution in [-0.4, -0.2) is 42.0 Å². The normalized spacial score (nSPS) is 14.3. The average molecular weight is 383 g/mol. The molecular formula is C14H17N5O4S2. The van der Waals surface area contributed by atoms with E-state index >= 15 is 0 Å². The van der Waals surface area contributed by atoms with E-state index in [-0.39, 0.29) is 16.3 Å². The highest BCUT2D eigenvalue weighted by atomic mass is 32.2. The molecule has 0 radical (unpaired) electrons. The van der Waals surface area contributed by atoms with E-state index in [1.165, 1.54) is 23.7 Å². The van der Waals surface area contributed by atoms with E-state index in [1.807, 2.05) is 0 Å². The summed E-state index contributed by atoms with van der Waals surface area (Å²) in [6, 6.07) is 3.83. The SMILES string of the molecule is CS(=O)(=O)c1ccc(NCCNc2nc(C3CC3)ns2)c([N+](=O)[O-])c1. The first-order valence-corrected chi connectivity index (χ1v) is 10.3. The molecule has 0 bridgehead atoms. The zero-order valence-electron chi connectivity index (χ0n) is 13.4. The molecule has 0 atom stereocenters. The van der Waals surface area contributed by atoms with Crippen LogP contribution in [0.5, 0.6) is 0 Å². The van der Waals surface area contributed by atoms with E-state index in [0.29, 0.717) is 19.0 Å². The second kappa shape index (κ2) is 6.92. The summed E-state index contributed by atoms with van der Waals surface area (Å²) in [6.45, 7) is 0.918. The Morgan fingerprint density at radius 1 is 1.32 bits per heavy atom. The summed E-state index contributed by atoms with van der Waals surface area (Å²) in [5.41, 5.74) is 0.00462. The molecule has 134 valence electrons. The van der Waals surface area contributed by atoms with Crippen molar-refractivity contribution in [3.63, 3.8) is 0 Å². The molecule has 0 amide bonds. The van der Waals surface area contributed by atoms with Gasteiger partial charge in [0.05, 0.1) is 9.82 Å². The van der Waals surface area contributed by atoms with Crippen LogP contribution in [0, 0.1) is 10.1 Å². The number of sulfone groups is 1. The summed E-state index contributed by atoms with van der Waals surface area (Å²) in [5, 5.41) is 18.0. The van der Waals surface area contributed by atoms with Crippen molar-refractivity contribution in [2.24, 2.45) is 0 Å². The Bertz CT molecular complexity index is 892. The van der Waals surface area contributed by atoms with Gasteiger partial charge in [-0.1, -0.05) is 0 Å². The second-order valence-corrected chi connectivity index (χ2v) is 8.56. The molecule has 25 heavy (non-hydrogen) atoms. The van der Waals surface area contributed by atoms with Crippen molar-refractivity contribution in [1.82, 2.24) is 9.36 Å². The lowest BCUT2D eigenvalue weighted by Crippen LogP contribution is -2.14. The van der Waals surface area contributed by atoms with Crippen molar-refractivity contribution in [3.05, 3.63) is 34.1 Å². The van der Waals surface area contributed by atoms with Crippen molar-refractivity contribution in [2.45, 2.75) is 23.7 Å². The molecule has 3 rings (SSSR count). The number of nitrogens with zero attached hydrogens (tertiary/aromatic N) is 3. The van der Waals surface area contributed by atoms with Crippen LogP contribution in [0.1, 0.15) is 24.6 Å². The van der Waals surface area contributed by atoms with Gasteiger partial charge in [0, 0.05) is 42.9 Å². The van der Waals surface area contributed by atoms with Gasteiger partial charge in [0.15, 0.2) is 9.84 Å². The third-order valence-electron chi connectivity index (χ3n) is 3.69. The molecule has 1 heterocycles. The number of rotatable bonds is 8. The fourth-order valence-corrected chi connectivity index (χ4v) is 3.54. The predicted octanol–water partition coefficient (Wildman–Crippen LogP) is 2.25. The summed E-state index contributed by atoms with van der Waals surface area (Å²) in [6.07, 6.45) is 3.30. The lowest BCUT2D eigenvalue weighted by molar-refractivity contribution is -0.384. The third-order valence-corrected chi connectivity index (χ3v) is 5.49. The maximum Gasteiger partial charge on any atom is 0.293 e. The van der Waals surface area contributed by atoms with Gasteiger partial charge in [-0.25, -0.2) is 13.4 Å². The van der Waals surface area contributed by atoms with E-state index in [0.717, 1.165) is 36.1 Å². The number of hydrogen-bond donors (Lipinski definition) is 2. The fraction of sp³-hybridized carbons (Fsp3) is 0.429. The van der Waals surface area contributed by atoms with Gasteiger partial charge < -0.3 is 10.6 Å². The van der Waals surface area contributed by atoms with Crippen LogP contribution in [0.25, 0.3) is 0 Å². The van der Waals surface area contributed by atoms with Gasteiger partial charge in [0.25, 0.3) is 5.69 Å². The number of nitro groups is 1. The summed E-state index contributed by atoms with van der Waals surface area (Å²) in [5.74, 6) is 1.38. The molecule has 0 aliphatic heterocycles. The fourth-order valence-electron chi connectivity index (χ4n) is 2.22. The number of nitro benzene ring substituents is 1. The Morgan fingerprint density at radius 3 is 2.68 bits per heavy atom. The van der Waals surface area contributed by atoms with Crippen LogP contribution in [0.15, 0.2) is 23.1 Å². The quantitative estimate of drug-likeness (QED) is 0.404. The number of aromatic nitrogens is 2. The molecule has 0 saturated heterocycles. The van der Waals surface area contributed by atoms with Gasteiger partial charge in [-0.05, 0) is 25.0 Å². The molecule has 1 aliphatic carbocycles. The van der Waals surface area contributed by atoms with Gasteiger partial charge in [-0.2, -0.15) is 4.37 Å². The van der Waals surface area contributed by atoms with Crippen molar-refractivity contribution in [1.29, 1.82) is 0 Å². The first-order valence-electron chi connectivity index (χ1n) is 7.64. The van der Waals surface area contributed by atoms with E-state index in [1.54, 1.807) is 0 Å². The van der Waals surface area contributed by atoms with Crippen molar-refractivity contribution >= 4 is 37.9 Å². The molecule has 0 unspecified atom stereocenters. The minimum atomic E-state index is -3.49. The predicted molar refractivity (Wildman–Crippen MR) is 95.1 cm³/mol. The van der Waals surface area contributed by atoms with Crippen molar-refractivity contribution < 1.29 is 13.3 Å². The topological polar surface area (TPSA) is 127 Å². The summed E-state index contributed by atoms with van der Waals surface area (Å²) in [4.78, 5) is 14.9. The second-order valence-electron chi connectivity index (χ2n) is 5.79. The minimum Gasteiger partial charge on any atom is -0.378 e. The highest BCUT2D eigenvalue weighted by molar-refractivity contribution is 7.90. The molecule has 2 N–H and O–H groups in total. The molecule has 2 aromatic rings. The Labute approximate surface area is 148 Å². The molecule has 9 nitrogen and oxygen atoms in total. The van der Waals surface area contributed by atoms with E-state index in [2.05, 4.69) is 20.0 Å². The number of anilines is 2. The Kier molecular flexibility index (Phi) is 4.86. The molecule has 1 aromatic carbocycles. The first kappa shape index (κ1) is 17.5. The first-order chi connectivity index (χ1) is 11.8. The molecule has 1 fully saturated rings. The maximum absolute atomic E-state index is 11.5. The lowest BCUT2D eigenvalue weighted by atomic mass is 10.2. The Hall–Kier alpha value is -2.27. The van der Waals surface area contributed by atoms with Gasteiger partial charge in [-0.15, -0.1) is 0 Å². The summed E-state index contributed by atoms with van der Waals surface area (Å²) >= 11 is 1.30. The van der Waals surface area contributed by atoms with Crippen LogP contribution < -0.4 is 10.6 Å². The summed E-state index contributed by atoms with van der Waals surface area (Å²) in [7, 11) is -3.49. The van der Waals surface area contributed by atoms with E-state index in [9.17, 15) is 18.5 Å². The Morgan fingerprint density at radius 2 is 2.04 bits per heavy atom. The molecule has 0 spiro atoms. The molecule has 1 aromatic heterocycles. The zero-order chi connectivity index (χ0) is 18.0. The van der Waals surface area contributed by atoms with Crippen LogP contribution in [0.2, 0.25) is 0 Å². The van der Waals surface area contributed by atoms with Crippen LogP contribution in [0.4, 0.5) is 16.5 Å². The average Bonchev–Trinajstić information content (AvgIpc) is 3.29. The van der Waals surface area contributed by atoms with Crippen molar-refractivity contribution in [3.8, 4) is 0 Å². The molecular weight excluding hydrogens is 366 g/mol. The van der Waals surface area contributed by atoms with E-state index in [4.69, 9.17) is 0 Å². The minimum absolute atomic E-state index is 0.0793. The number of nitrogens with one attached hydrogen (secondary N) is 2. The third kappa shape index (κ3) is 4.42. The number of benzene rings is 1. The van der Waals surface area contributed by atoms with Gasteiger partial charge in [0.2, 0.25) is 5.13 Å². The monoisotopic (exact) mass is 383 g/mol. The van der Waals surface area contributed by atoms with E-state index < -0.39 is 14.8 Å². The zero-order valence-corrected chi connectivity index (χ0v) is 15.1. The largest absolute Gasteiger partial charge is 0.378 e. The lowest BCUT2D eigenvalue weighted by Gasteiger charge is -2.08. The van der Waals surface area contributed by atoms with Crippen LogP contribution >= 0.6 is 11.5 Å².